The molecule has 0 aromatic carbocycles. The van der Waals surface area contributed by atoms with E-state index in [9.17, 15) is 4.79 Å². The van der Waals surface area contributed by atoms with Crippen LogP contribution in [0.15, 0.2) is 6.07 Å². The smallest absolute Gasteiger partial charge is 0.477 e. The molecule has 1 saturated heterocycles. The Labute approximate surface area is 117 Å². The monoisotopic (exact) mass is 282 g/mol. The Morgan fingerprint density at radius 1 is 1.32 bits per heavy atom. The maximum atomic E-state index is 11.1. The first-order valence-corrected chi connectivity index (χ1v) is 7.21. The molecular formula is C13H19BO4S. The van der Waals surface area contributed by atoms with Crippen LogP contribution in [0.25, 0.3) is 0 Å². The molecule has 0 amide bonds. The number of carbonyl (C=O) groups is 1. The van der Waals surface area contributed by atoms with Gasteiger partial charge >= 0.3 is 13.1 Å². The van der Waals surface area contributed by atoms with E-state index < -0.39 is 24.3 Å². The van der Waals surface area contributed by atoms with Crippen LogP contribution in [0.4, 0.5) is 0 Å². The minimum atomic E-state index is -0.900. The average Bonchev–Trinajstić information content (AvgIpc) is 2.78. The Morgan fingerprint density at radius 3 is 2.26 bits per heavy atom. The number of carboxylic acid groups (broad SMARTS) is 1. The van der Waals surface area contributed by atoms with Crippen molar-refractivity contribution in [2.24, 2.45) is 0 Å². The average molecular weight is 282 g/mol. The molecule has 1 N–H and O–H groups in total. The van der Waals surface area contributed by atoms with Crippen LogP contribution in [-0.4, -0.2) is 29.4 Å². The van der Waals surface area contributed by atoms with Gasteiger partial charge in [0.2, 0.25) is 0 Å². The quantitative estimate of drug-likeness (QED) is 0.864. The molecule has 104 valence electrons. The van der Waals surface area contributed by atoms with Gasteiger partial charge in [-0.1, -0.05) is 6.92 Å². The van der Waals surface area contributed by atoms with Gasteiger partial charge in [-0.15, -0.1) is 11.3 Å². The van der Waals surface area contributed by atoms with Gasteiger partial charge in [0.25, 0.3) is 0 Å². The molecule has 0 atom stereocenters. The third-order valence-corrected chi connectivity index (χ3v) is 5.16. The second kappa shape index (κ2) is 4.61. The van der Waals surface area contributed by atoms with Crippen LogP contribution < -0.4 is 5.46 Å². The molecule has 1 aromatic rings. The number of thiophene rings is 1. The highest BCUT2D eigenvalue weighted by atomic mass is 32.1. The van der Waals surface area contributed by atoms with E-state index in [2.05, 4.69) is 0 Å². The number of rotatable bonds is 3. The summed E-state index contributed by atoms with van der Waals surface area (Å²) >= 11 is 1.30. The summed E-state index contributed by atoms with van der Waals surface area (Å²) in [6.45, 7) is 9.96. The Hall–Kier alpha value is -0.845. The second-order valence-electron chi connectivity index (χ2n) is 5.74. The zero-order chi connectivity index (χ0) is 14.4. The van der Waals surface area contributed by atoms with Crippen LogP contribution in [-0.2, 0) is 15.7 Å². The summed E-state index contributed by atoms with van der Waals surface area (Å²) in [7, 11) is -0.482. The van der Waals surface area contributed by atoms with Gasteiger partial charge in [0.1, 0.15) is 4.88 Å². The van der Waals surface area contributed by atoms with Crippen LogP contribution in [0.3, 0.4) is 0 Å². The van der Waals surface area contributed by atoms with E-state index >= 15 is 0 Å². The number of aromatic carboxylic acids is 1. The molecule has 1 fully saturated rings. The van der Waals surface area contributed by atoms with Crippen LogP contribution in [0.1, 0.15) is 49.2 Å². The van der Waals surface area contributed by atoms with Gasteiger partial charge in [-0.2, -0.15) is 0 Å². The van der Waals surface area contributed by atoms with E-state index in [-0.39, 0.29) is 0 Å². The SMILES string of the molecule is CCc1sc(C(=O)O)cc1B1OC(C)(C)C(C)(C)O1. The molecule has 0 spiro atoms. The Balaban J connectivity index is 2.36. The summed E-state index contributed by atoms with van der Waals surface area (Å²) < 4.78 is 12.0. The van der Waals surface area contributed by atoms with Gasteiger partial charge in [-0.05, 0) is 45.6 Å². The van der Waals surface area contributed by atoms with Crippen molar-refractivity contribution < 1.29 is 19.2 Å². The molecule has 0 aliphatic carbocycles. The third kappa shape index (κ3) is 2.44. The highest BCUT2D eigenvalue weighted by Crippen LogP contribution is 2.37. The molecule has 0 saturated carbocycles. The largest absolute Gasteiger partial charge is 0.496 e. The van der Waals surface area contributed by atoms with Crippen molar-refractivity contribution in [3.05, 3.63) is 15.8 Å². The summed E-state index contributed by atoms with van der Waals surface area (Å²) in [5.41, 5.74) is 0.0331. The summed E-state index contributed by atoms with van der Waals surface area (Å²) in [5.74, 6) is -0.900. The van der Waals surface area contributed by atoms with Crippen molar-refractivity contribution in [3.8, 4) is 0 Å². The minimum absolute atomic E-state index is 0.335. The third-order valence-electron chi connectivity index (χ3n) is 3.88. The summed E-state index contributed by atoms with van der Waals surface area (Å²) in [6.07, 6.45) is 0.775. The van der Waals surface area contributed by atoms with Crippen molar-refractivity contribution in [1.29, 1.82) is 0 Å². The molecule has 0 bridgehead atoms. The molecule has 2 heterocycles. The topological polar surface area (TPSA) is 55.8 Å². The van der Waals surface area contributed by atoms with Gasteiger partial charge in [0, 0.05) is 4.88 Å². The Bertz CT molecular complexity index is 491. The summed E-state index contributed by atoms with van der Waals surface area (Å²) in [4.78, 5) is 12.4. The lowest BCUT2D eigenvalue weighted by Gasteiger charge is -2.32. The highest BCUT2D eigenvalue weighted by Gasteiger charge is 2.52. The zero-order valence-electron chi connectivity index (χ0n) is 11.9. The first kappa shape index (κ1) is 14.6. The predicted molar refractivity (Wildman–Crippen MR) is 76.4 cm³/mol. The second-order valence-corrected chi connectivity index (χ2v) is 6.87. The first-order valence-electron chi connectivity index (χ1n) is 6.39. The highest BCUT2D eigenvalue weighted by molar-refractivity contribution is 7.15. The van der Waals surface area contributed by atoms with Gasteiger partial charge in [0.15, 0.2) is 0 Å². The van der Waals surface area contributed by atoms with Crippen LogP contribution in [0.2, 0.25) is 0 Å². The number of aryl methyl sites for hydroxylation is 1. The molecule has 1 aliphatic heterocycles. The molecule has 6 heteroatoms. The van der Waals surface area contributed by atoms with Gasteiger partial charge in [-0.25, -0.2) is 4.79 Å². The maximum Gasteiger partial charge on any atom is 0.496 e. The Morgan fingerprint density at radius 2 is 1.84 bits per heavy atom. The Kier molecular flexibility index (Phi) is 3.54. The lowest BCUT2D eigenvalue weighted by molar-refractivity contribution is 0.00578. The van der Waals surface area contributed by atoms with Crippen molar-refractivity contribution in [2.45, 2.75) is 52.2 Å². The van der Waals surface area contributed by atoms with Gasteiger partial charge in [0.05, 0.1) is 11.2 Å². The molecule has 2 rings (SSSR count). The van der Waals surface area contributed by atoms with Crippen LogP contribution in [0.5, 0.6) is 0 Å². The van der Waals surface area contributed by atoms with Crippen LogP contribution >= 0.6 is 11.3 Å². The molecule has 19 heavy (non-hydrogen) atoms. The lowest BCUT2D eigenvalue weighted by atomic mass is 9.78. The van der Waals surface area contributed by atoms with Crippen molar-refractivity contribution in [3.63, 3.8) is 0 Å². The lowest BCUT2D eigenvalue weighted by Crippen LogP contribution is -2.41. The maximum absolute atomic E-state index is 11.1. The molecule has 1 aliphatic rings. The molecular weight excluding hydrogens is 263 g/mol. The fraction of sp³-hybridized carbons (Fsp3) is 0.615. The first-order chi connectivity index (χ1) is 8.68. The summed E-state index contributed by atoms with van der Waals surface area (Å²) in [6, 6.07) is 1.67. The van der Waals surface area contributed by atoms with Crippen molar-refractivity contribution in [1.82, 2.24) is 0 Å². The normalized spacial score (nSPS) is 20.8. The van der Waals surface area contributed by atoms with Gasteiger partial charge in [-0.3, -0.25) is 0 Å². The zero-order valence-corrected chi connectivity index (χ0v) is 12.8. The van der Waals surface area contributed by atoms with E-state index in [4.69, 9.17) is 14.4 Å². The summed E-state index contributed by atoms with van der Waals surface area (Å²) in [5, 5.41) is 9.10. The van der Waals surface area contributed by atoms with E-state index in [0.717, 1.165) is 16.8 Å². The predicted octanol–water partition coefficient (Wildman–Crippen LogP) is 2.31. The molecule has 0 unspecified atom stereocenters. The van der Waals surface area contributed by atoms with E-state index in [1.807, 2.05) is 34.6 Å². The van der Waals surface area contributed by atoms with E-state index in [1.54, 1.807) is 6.07 Å². The molecule has 0 radical (unpaired) electrons. The fourth-order valence-corrected chi connectivity index (χ4v) is 2.95. The van der Waals surface area contributed by atoms with Crippen molar-refractivity contribution in [2.75, 3.05) is 0 Å². The minimum Gasteiger partial charge on any atom is -0.477 e. The molecule has 4 nitrogen and oxygen atoms in total. The molecule has 1 aromatic heterocycles. The van der Waals surface area contributed by atoms with E-state index in [1.165, 1.54) is 11.3 Å². The van der Waals surface area contributed by atoms with Crippen LogP contribution in [0, 0.1) is 0 Å². The number of hydrogen-bond donors (Lipinski definition) is 1. The fourth-order valence-electron chi connectivity index (χ4n) is 1.99. The van der Waals surface area contributed by atoms with Gasteiger partial charge < -0.3 is 14.4 Å². The standard InChI is InChI=1S/C13H19BO4S/c1-6-9-8(7-10(19-9)11(15)16)14-17-12(2,3)13(4,5)18-14/h7H,6H2,1-5H3,(H,15,16). The number of hydrogen-bond acceptors (Lipinski definition) is 4. The van der Waals surface area contributed by atoms with E-state index in [0.29, 0.717) is 4.88 Å². The number of carboxylic acids is 1. The van der Waals surface area contributed by atoms with Crippen molar-refractivity contribution >= 4 is 29.9 Å².